The van der Waals surface area contributed by atoms with E-state index in [0.29, 0.717) is 36.6 Å². The Balaban J connectivity index is 1.97. The van der Waals surface area contributed by atoms with E-state index in [2.05, 4.69) is 9.97 Å². The van der Waals surface area contributed by atoms with Crippen LogP contribution in [0.1, 0.15) is 32.0 Å². The normalized spacial score (nSPS) is 23.2. The molecule has 1 aromatic heterocycles. The second-order valence-corrected chi connectivity index (χ2v) is 4.88. The lowest BCUT2D eigenvalue weighted by atomic mass is 9.97. The van der Waals surface area contributed by atoms with Gasteiger partial charge < -0.3 is 15.5 Å². The summed E-state index contributed by atoms with van der Waals surface area (Å²) in [6.07, 6.45) is 4.26. The smallest absolute Gasteiger partial charge is 0.254 e. The van der Waals surface area contributed by atoms with Gasteiger partial charge in [0.05, 0.1) is 12.7 Å². The summed E-state index contributed by atoms with van der Waals surface area (Å²) in [6.45, 7) is 3.28. The van der Waals surface area contributed by atoms with Gasteiger partial charge >= 0.3 is 0 Å². The Morgan fingerprint density at radius 1 is 1.50 bits per heavy atom. The lowest BCUT2D eigenvalue weighted by Crippen LogP contribution is -2.24. The number of aromatic amines is 1. The van der Waals surface area contributed by atoms with Crippen LogP contribution in [0.25, 0.3) is 0 Å². The minimum absolute atomic E-state index is 0.154. The number of aryl methyl sites for hydroxylation is 1. The first-order chi connectivity index (χ1) is 8.72. The van der Waals surface area contributed by atoms with Gasteiger partial charge in [-0.1, -0.05) is 13.3 Å². The highest BCUT2D eigenvalue weighted by molar-refractivity contribution is 5.09. The Morgan fingerprint density at radius 2 is 2.28 bits per heavy atom. The van der Waals surface area contributed by atoms with Crippen molar-refractivity contribution in [1.82, 2.24) is 9.97 Å². The van der Waals surface area contributed by atoms with Gasteiger partial charge in [-0.15, -0.1) is 0 Å². The lowest BCUT2D eigenvalue weighted by molar-refractivity contribution is 0.209. The van der Waals surface area contributed by atoms with Gasteiger partial charge in [-0.2, -0.15) is 0 Å². The molecule has 3 N–H and O–H groups in total. The summed E-state index contributed by atoms with van der Waals surface area (Å²) in [7, 11) is 0. The van der Waals surface area contributed by atoms with Gasteiger partial charge in [-0.05, 0) is 31.2 Å². The fourth-order valence-corrected chi connectivity index (χ4v) is 2.56. The van der Waals surface area contributed by atoms with Gasteiger partial charge in [-0.25, -0.2) is 4.98 Å². The van der Waals surface area contributed by atoms with Crippen LogP contribution in [-0.2, 0) is 6.42 Å². The monoisotopic (exact) mass is 251 g/mol. The molecule has 0 saturated heterocycles. The maximum atomic E-state index is 11.4. The molecule has 0 aliphatic heterocycles. The highest BCUT2D eigenvalue weighted by Gasteiger charge is 2.26. The number of nitrogens with two attached hydrogens (primary N) is 1. The van der Waals surface area contributed by atoms with E-state index < -0.39 is 0 Å². The molecule has 0 amide bonds. The number of nitrogens with zero attached hydrogens (tertiary/aromatic N) is 1. The van der Waals surface area contributed by atoms with Crippen LogP contribution in [0, 0.1) is 11.8 Å². The second-order valence-electron chi connectivity index (χ2n) is 4.88. The molecule has 1 aliphatic carbocycles. The second kappa shape index (κ2) is 6.00. The lowest BCUT2D eigenvalue weighted by Gasteiger charge is -2.17. The van der Waals surface area contributed by atoms with E-state index in [4.69, 9.17) is 10.5 Å². The van der Waals surface area contributed by atoms with Gasteiger partial charge in [0, 0.05) is 6.42 Å². The summed E-state index contributed by atoms with van der Waals surface area (Å²) in [4.78, 5) is 18.3. The van der Waals surface area contributed by atoms with Gasteiger partial charge in [0.25, 0.3) is 5.56 Å². The quantitative estimate of drug-likeness (QED) is 0.820. The van der Waals surface area contributed by atoms with Crippen LogP contribution < -0.4 is 16.0 Å². The number of H-pyrrole nitrogens is 1. The molecule has 5 nitrogen and oxygen atoms in total. The zero-order valence-corrected chi connectivity index (χ0v) is 10.8. The molecule has 1 aromatic rings. The van der Waals surface area contributed by atoms with E-state index in [0.717, 1.165) is 13.0 Å². The summed E-state index contributed by atoms with van der Waals surface area (Å²) < 4.78 is 5.66. The first kappa shape index (κ1) is 13.1. The number of aromatic nitrogens is 2. The van der Waals surface area contributed by atoms with E-state index in [1.165, 1.54) is 18.9 Å². The molecule has 1 fully saturated rings. The van der Waals surface area contributed by atoms with Crippen molar-refractivity contribution in [2.45, 2.75) is 32.6 Å². The minimum atomic E-state index is -0.154. The third-order valence-electron chi connectivity index (χ3n) is 3.67. The molecule has 2 atom stereocenters. The van der Waals surface area contributed by atoms with Crippen LogP contribution >= 0.6 is 0 Å². The Morgan fingerprint density at radius 3 is 3.00 bits per heavy atom. The Bertz CT molecular complexity index is 444. The molecular formula is C13H21N3O2. The van der Waals surface area contributed by atoms with Crippen LogP contribution in [-0.4, -0.2) is 23.1 Å². The van der Waals surface area contributed by atoms with Crippen molar-refractivity contribution < 1.29 is 4.74 Å². The summed E-state index contributed by atoms with van der Waals surface area (Å²) in [6, 6.07) is 1.41. The van der Waals surface area contributed by atoms with Crippen molar-refractivity contribution in [3.8, 4) is 5.88 Å². The number of ether oxygens (including phenoxy) is 1. The van der Waals surface area contributed by atoms with Crippen LogP contribution in [0.2, 0.25) is 0 Å². The molecule has 1 heterocycles. The predicted molar refractivity (Wildman–Crippen MR) is 69.6 cm³/mol. The van der Waals surface area contributed by atoms with E-state index in [1.54, 1.807) is 0 Å². The molecule has 1 aliphatic rings. The van der Waals surface area contributed by atoms with Crippen LogP contribution in [0.4, 0.5) is 0 Å². The average Bonchev–Trinajstić information content (AvgIpc) is 2.83. The highest BCUT2D eigenvalue weighted by atomic mass is 16.5. The summed E-state index contributed by atoms with van der Waals surface area (Å²) in [5.74, 6) is 2.15. The van der Waals surface area contributed by atoms with Gasteiger partial charge in [0.15, 0.2) is 0 Å². The van der Waals surface area contributed by atoms with Crippen molar-refractivity contribution >= 4 is 0 Å². The van der Waals surface area contributed by atoms with Gasteiger partial charge in [-0.3, -0.25) is 4.79 Å². The maximum Gasteiger partial charge on any atom is 0.254 e. The minimum Gasteiger partial charge on any atom is -0.477 e. The van der Waals surface area contributed by atoms with Crippen molar-refractivity contribution in [2.24, 2.45) is 17.6 Å². The maximum absolute atomic E-state index is 11.4. The fourth-order valence-electron chi connectivity index (χ4n) is 2.56. The summed E-state index contributed by atoms with van der Waals surface area (Å²) in [5.41, 5.74) is 5.58. The van der Waals surface area contributed by atoms with Gasteiger partial charge in [0.1, 0.15) is 5.82 Å². The van der Waals surface area contributed by atoms with Crippen molar-refractivity contribution in [3.63, 3.8) is 0 Å². The molecule has 0 aromatic carbocycles. The Hall–Kier alpha value is -1.36. The van der Waals surface area contributed by atoms with Crippen molar-refractivity contribution in [3.05, 3.63) is 22.2 Å². The third-order valence-corrected chi connectivity index (χ3v) is 3.67. The van der Waals surface area contributed by atoms with Crippen molar-refractivity contribution in [1.29, 1.82) is 0 Å². The topological polar surface area (TPSA) is 81.0 Å². The number of rotatable bonds is 5. The first-order valence-electron chi connectivity index (χ1n) is 6.66. The average molecular weight is 251 g/mol. The van der Waals surface area contributed by atoms with E-state index in [9.17, 15) is 4.79 Å². The van der Waals surface area contributed by atoms with Gasteiger partial charge in [0.2, 0.25) is 5.88 Å². The molecular weight excluding hydrogens is 230 g/mol. The zero-order valence-electron chi connectivity index (χ0n) is 10.8. The summed E-state index contributed by atoms with van der Waals surface area (Å²) in [5, 5.41) is 0. The van der Waals surface area contributed by atoms with Crippen LogP contribution in [0.5, 0.6) is 5.88 Å². The van der Waals surface area contributed by atoms with Crippen molar-refractivity contribution in [2.75, 3.05) is 13.2 Å². The molecule has 0 radical (unpaired) electrons. The fraction of sp³-hybridized carbons (Fsp3) is 0.692. The van der Waals surface area contributed by atoms with E-state index in [1.807, 2.05) is 6.92 Å². The van der Waals surface area contributed by atoms with E-state index in [-0.39, 0.29) is 5.56 Å². The van der Waals surface area contributed by atoms with Crippen LogP contribution in [0.3, 0.4) is 0 Å². The summed E-state index contributed by atoms with van der Waals surface area (Å²) >= 11 is 0. The molecule has 2 unspecified atom stereocenters. The SMILES string of the molecule is CCc1nc(OCC2CCCC2CN)cc(=O)[nH]1. The molecule has 18 heavy (non-hydrogen) atoms. The number of hydrogen-bond acceptors (Lipinski definition) is 4. The standard InChI is InChI=1S/C13H21N3O2/c1-2-11-15-12(17)6-13(16-11)18-8-10-5-3-4-9(10)7-14/h6,9-10H,2-5,7-8,14H2,1H3,(H,15,16,17). The zero-order chi connectivity index (χ0) is 13.0. The highest BCUT2D eigenvalue weighted by Crippen LogP contribution is 2.31. The van der Waals surface area contributed by atoms with Crippen LogP contribution in [0.15, 0.2) is 10.9 Å². The van der Waals surface area contributed by atoms with E-state index >= 15 is 0 Å². The molecule has 1 saturated carbocycles. The third kappa shape index (κ3) is 3.10. The number of hydrogen-bond donors (Lipinski definition) is 2. The predicted octanol–water partition coefficient (Wildman–Crippen LogP) is 1.09. The molecule has 0 spiro atoms. The first-order valence-corrected chi connectivity index (χ1v) is 6.66. The molecule has 0 bridgehead atoms. The Kier molecular flexibility index (Phi) is 4.36. The molecule has 2 rings (SSSR count). The molecule has 5 heteroatoms. The Labute approximate surface area is 107 Å². The number of nitrogens with one attached hydrogen (secondary N) is 1. The largest absolute Gasteiger partial charge is 0.477 e. The molecule has 100 valence electrons.